The Labute approximate surface area is 164 Å². The van der Waals surface area contributed by atoms with E-state index in [4.69, 9.17) is 0 Å². The average Bonchev–Trinajstić information content (AvgIpc) is 2.64. The lowest BCUT2D eigenvalue weighted by atomic mass is 10.1. The Morgan fingerprint density at radius 3 is 2.43 bits per heavy atom. The van der Waals surface area contributed by atoms with E-state index in [0.717, 1.165) is 17.8 Å². The Bertz CT molecular complexity index is 991. The first-order valence-electron chi connectivity index (χ1n) is 8.61. The van der Waals surface area contributed by atoms with Crippen molar-refractivity contribution in [3.8, 4) is 11.4 Å². The molecular formula is C20H18F3N3OS. The highest BCUT2D eigenvalue weighted by molar-refractivity contribution is 8.00. The van der Waals surface area contributed by atoms with E-state index in [-0.39, 0.29) is 34.4 Å². The Balaban J connectivity index is 2.11. The zero-order valence-electron chi connectivity index (χ0n) is 15.2. The zero-order chi connectivity index (χ0) is 20.3. The molecule has 0 bridgehead atoms. The summed E-state index contributed by atoms with van der Waals surface area (Å²) >= 11 is 1.10. The van der Waals surface area contributed by atoms with Gasteiger partial charge in [-0.2, -0.15) is 13.2 Å². The number of carbonyl (C=O) groups is 1. The monoisotopic (exact) mass is 405 g/mol. The molecule has 1 amide bonds. The number of alkyl halides is 3. The first-order valence-corrected chi connectivity index (χ1v) is 9.60. The van der Waals surface area contributed by atoms with Crippen LogP contribution in [-0.2, 0) is 11.0 Å². The van der Waals surface area contributed by atoms with Crippen LogP contribution in [0.2, 0.25) is 0 Å². The second kappa shape index (κ2) is 8.18. The van der Waals surface area contributed by atoms with Gasteiger partial charge in [-0.25, -0.2) is 9.97 Å². The molecule has 4 nitrogen and oxygen atoms in total. The number of carbonyl (C=O) groups excluding carboxylic acids is 1. The highest BCUT2D eigenvalue weighted by atomic mass is 32.2. The fourth-order valence-electron chi connectivity index (χ4n) is 2.68. The number of para-hydroxylation sites is 1. The van der Waals surface area contributed by atoms with Crippen molar-refractivity contribution >= 4 is 28.6 Å². The van der Waals surface area contributed by atoms with Crippen LogP contribution in [0.5, 0.6) is 0 Å². The van der Waals surface area contributed by atoms with Gasteiger partial charge in [-0.1, -0.05) is 54.2 Å². The van der Waals surface area contributed by atoms with Gasteiger partial charge in [0.2, 0.25) is 5.91 Å². The predicted octanol–water partition coefficient (Wildman–Crippen LogP) is 4.93. The van der Waals surface area contributed by atoms with Crippen LogP contribution >= 0.6 is 11.8 Å². The van der Waals surface area contributed by atoms with Gasteiger partial charge in [0.05, 0.1) is 16.8 Å². The molecule has 8 heteroatoms. The lowest BCUT2D eigenvalue weighted by Crippen LogP contribution is -2.31. The van der Waals surface area contributed by atoms with E-state index >= 15 is 0 Å². The topological polar surface area (TPSA) is 54.9 Å². The van der Waals surface area contributed by atoms with Crippen LogP contribution in [0.15, 0.2) is 53.6 Å². The third kappa shape index (κ3) is 4.62. The van der Waals surface area contributed by atoms with Gasteiger partial charge >= 0.3 is 6.18 Å². The summed E-state index contributed by atoms with van der Waals surface area (Å²) in [7, 11) is 0. The fraction of sp³-hybridized carbons (Fsp3) is 0.250. The molecule has 0 saturated carbocycles. The van der Waals surface area contributed by atoms with Gasteiger partial charge in [0.25, 0.3) is 0 Å². The molecule has 0 saturated heterocycles. The van der Waals surface area contributed by atoms with Gasteiger partial charge in [-0.15, -0.1) is 0 Å². The first-order chi connectivity index (χ1) is 13.3. The van der Waals surface area contributed by atoms with Crippen LogP contribution < -0.4 is 5.32 Å². The van der Waals surface area contributed by atoms with E-state index in [1.54, 1.807) is 36.4 Å². The van der Waals surface area contributed by atoms with Gasteiger partial charge in [-0.05, 0) is 19.9 Å². The Morgan fingerprint density at radius 2 is 1.79 bits per heavy atom. The molecule has 28 heavy (non-hydrogen) atoms. The number of halogens is 3. The molecule has 0 aliphatic rings. The normalized spacial score (nSPS) is 11.8. The first kappa shape index (κ1) is 20.1. The molecule has 3 aromatic rings. The maximum atomic E-state index is 13.5. The molecule has 1 aromatic heterocycles. The number of amides is 1. The van der Waals surface area contributed by atoms with E-state index in [1.807, 2.05) is 13.8 Å². The van der Waals surface area contributed by atoms with Gasteiger partial charge in [0, 0.05) is 17.0 Å². The molecule has 0 unspecified atom stereocenters. The molecule has 146 valence electrons. The number of benzene rings is 2. The summed E-state index contributed by atoms with van der Waals surface area (Å²) < 4.78 is 40.5. The number of aromatic nitrogens is 2. The van der Waals surface area contributed by atoms with E-state index in [9.17, 15) is 18.0 Å². The predicted molar refractivity (Wildman–Crippen MR) is 104 cm³/mol. The standard InChI is InChI=1S/C20H18F3N3OS/c1-12(2)24-16(27)11-28-19-14-9-6-10-15(20(21,22)23)17(14)25-18(26-19)13-7-4-3-5-8-13/h3-10,12H,11H2,1-2H3,(H,24,27). The molecule has 0 fully saturated rings. The minimum Gasteiger partial charge on any atom is -0.353 e. The second-order valence-electron chi connectivity index (χ2n) is 6.43. The number of nitrogens with zero attached hydrogens (tertiary/aromatic N) is 2. The number of thioether (sulfide) groups is 1. The second-order valence-corrected chi connectivity index (χ2v) is 7.39. The largest absolute Gasteiger partial charge is 0.418 e. The highest BCUT2D eigenvalue weighted by Crippen LogP contribution is 2.37. The van der Waals surface area contributed by atoms with Crippen molar-refractivity contribution in [1.82, 2.24) is 15.3 Å². The van der Waals surface area contributed by atoms with Crippen molar-refractivity contribution in [3.63, 3.8) is 0 Å². The number of rotatable bonds is 5. The molecule has 0 aliphatic carbocycles. The quantitative estimate of drug-likeness (QED) is 0.483. The molecule has 0 spiro atoms. The molecule has 0 radical (unpaired) electrons. The van der Waals surface area contributed by atoms with Crippen molar-refractivity contribution < 1.29 is 18.0 Å². The van der Waals surface area contributed by atoms with Crippen molar-refractivity contribution in [1.29, 1.82) is 0 Å². The highest BCUT2D eigenvalue weighted by Gasteiger charge is 2.34. The fourth-order valence-corrected chi connectivity index (χ4v) is 3.50. The van der Waals surface area contributed by atoms with Crippen LogP contribution in [-0.4, -0.2) is 27.7 Å². The van der Waals surface area contributed by atoms with E-state index in [1.165, 1.54) is 6.07 Å². The third-order valence-electron chi connectivity index (χ3n) is 3.82. The lowest BCUT2D eigenvalue weighted by molar-refractivity contribution is -0.136. The number of hydrogen-bond donors (Lipinski definition) is 1. The number of nitrogens with one attached hydrogen (secondary N) is 1. The maximum Gasteiger partial charge on any atom is 0.418 e. The van der Waals surface area contributed by atoms with Crippen LogP contribution in [0.4, 0.5) is 13.2 Å². The Hall–Kier alpha value is -2.61. The molecule has 1 heterocycles. The van der Waals surface area contributed by atoms with Gasteiger partial charge in [-0.3, -0.25) is 4.79 Å². The Morgan fingerprint density at radius 1 is 1.07 bits per heavy atom. The van der Waals surface area contributed by atoms with Crippen LogP contribution in [0, 0.1) is 0 Å². The van der Waals surface area contributed by atoms with Crippen LogP contribution in [0.25, 0.3) is 22.3 Å². The average molecular weight is 405 g/mol. The molecule has 1 N–H and O–H groups in total. The smallest absolute Gasteiger partial charge is 0.353 e. The zero-order valence-corrected chi connectivity index (χ0v) is 16.1. The summed E-state index contributed by atoms with van der Waals surface area (Å²) in [6.07, 6.45) is -4.54. The minimum absolute atomic E-state index is 0.0213. The van der Waals surface area contributed by atoms with E-state index < -0.39 is 11.7 Å². The summed E-state index contributed by atoms with van der Waals surface area (Å²) in [6.45, 7) is 3.68. The van der Waals surface area contributed by atoms with Gasteiger partial charge < -0.3 is 5.32 Å². The van der Waals surface area contributed by atoms with Crippen LogP contribution in [0.1, 0.15) is 19.4 Å². The van der Waals surface area contributed by atoms with E-state index in [0.29, 0.717) is 10.6 Å². The van der Waals surface area contributed by atoms with Crippen molar-refractivity contribution in [2.75, 3.05) is 5.75 Å². The van der Waals surface area contributed by atoms with Gasteiger partial charge in [0.1, 0.15) is 5.03 Å². The minimum atomic E-state index is -4.54. The summed E-state index contributed by atoms with van der Waals surface area (Å²) in [5, 5.41) is 3.38. The Kier molecular flexibility index (Phi) is 5.88. The van der Waals surface area contributed by atoms with Crippen LogP contribution in [0.3, 0.4) is 0 Å². The molecule has 3 rings (SSSR count). The summed E-state index contributed by atoms with van der Waals surface area (Å²) in [4.78, 5) is 20.6. The SMILES string of the molecule is CC(C)NC(=O)CSc1nc(-c2ccccc2)nc2c(C(F)(F)F)cccc12. The van der Waals surface area contributed by atoms with Gasteiger partial charge in [0.15, 0.2) is 5.82 Å². The molecule has 0 atom stereocenters. The molecule has 0 aliphatic heterocycles. The summed E-state index contributed by atoms with van der Waals surface area (Å²) in [5.41, 5.74) is -0.386. The summed E-state index contributed by atoms with van der Waals surface area (Å²) in [6, 6.07) is 12.7. The third-order valence-corrected chi connectivity index (χ3v) is 4.81. The number of hydrogen-bond acceptors (Lipinski definition) is 4. The summed E-state index contributed by atoms with van der Waals surface area (Å²) in [5.74, 6) is 0.0333. The van der Waals surface area contributed by atoms with E-state index in [2.05, 4.69) is 15.3 Å². The molecular weight excluding hydrogens is 387 g/mol. The maximum absolute atomic E-state index is 13.5. The van der Waals surface area contributed by atoms with Crippen molar-refractivity contribution in [2.24, 2.45) is 0 Å². The van der Waals surface area contributed by atoms with Crippen molar-refractivity contribution in [2.45, 2.75) is 31.1 Å². The number of fused-ring (bicyclic) bond motifs is 1. The van der Waals surface area contributed by atoms with Crippen molar-refractivity contribution in [3.05, 3.63) is 54.1 Å². The molecule has 2 aromatic carbocycles. The lowest BCUT2D eigenvalue weighted by Gasteiger charge is -2.14.